The Labute approximate surface area is 107 Å². The summed E-state index contributed by atoms with van der Waals surface area (Å²) in [5, 5.41) is 0. The maximum atomic E-state index is 11.7. The molecule has 0 fully saturated rings. The van der Waals surface area contributed by atoms with Gasteiger partial charge in [-0.25, -0.2) is 8.42 Å². The molecule has 0 saturated heterocycles. The Bertz CT molecular complexity index is 636. The predicted molar refractivity (Wildman–Crippen MR) is 72.0 cm³/mol. The quantitative estimate of drug-likeness (QED) is 0.920. The number of hydrogen-bond donors (Lipinski definition) is 1. The summed E-state index contributed by atoms with van der Waals surface area (Å²) >= 11 is 0. The molecule has 2 aromatic carbocycles. The van der Waals surface area contributed by atoms with Gasteiger partial charge in [0.15, 0.2) is 9.84 Å². The summed E-state index contributed by atoms with van der Waals surface area (Å²) in [6.07, 6.45) is 1.20. The second-order valence-electron chi connectivity index (χ2n) is 4.20. The summed E-state index contributed by atoms with van der Waals surface area (Å²) < 4.78 is 23.5. The molecule has 94 valence electrons. The smallest absolute Gasteiger partial charge is 0.175 e. The molecule has 18 heavy (non-hydrogen) atoms. The van der Waals surface area contributed by atoms with Crippen LogP contribution >= 0.6 is 0 Å². The van der Waals surface area contributed by atoms with Crippen LogP contribution in [0.5, 0.6) is 0 Å². The topological polar surface area (TPSA) is 60.2 Å². The van der Waals surface area contributed by atoms with Gasteiger partial charge in [0.05, 0.1) is 10.9 Å². The Kier molecular flexibility index (Phi) is 3.50. The van der Waals surface area contributed by atoms with Crippen molar-refractivity contribution in [2.24, 2.45) is 5.73 Å². The maximum absolute atomic E-state index is 11.7. The van der Waals surface area contributed by atoms with E-state index < -0.39 is 15.9 Å². The molecule has 0 spiro atoms. The van der Waals surface area contributed by atoms with Gasteiger partial charge in [-0.3, -0.25) is 0 Å². The standard InChI is InChI=1S/C14H15NO2S/c1-18(16,17)13-10-6-5-9-12(13)14(15)11-7-3-2-4-8-11/h2-10,14H,15H2,1H3/t14-/m0/s1. The van der Waals surface area contributed by atoms with E-state index in [2.05, 4.69) is 0 Å². The number of hydrogen-bond acceptors (Lipinski definition) is 3. The Balaban J connectivity index is 2.53. The molecule has 2 N–H and O–H groups in total. The molecule has 0 saturated carbocycles. The summed E-state index contributed by atoms with van der Waals surface area (Å²) in [6.45, 7) is 0. The summed E-state index contributed by atoms with van der Waals surface area (Å²) in [6, 6.07) is 15.9. The molecule has 2 rings (SSSR count). The zero-order valence-electron chi connectivity index (χ0n) is 10.1. The second-order valence-corrected chi connectivity index (χ2v) is 6.18. The van der Waals surface area contributed by atoms with Crippen LogP contribution in [0.15, 0.2) is 59.5 Å². The van der Waals surface area contributed by atoms with Crippen molar-refractivity contribution in [2.75, 3.05) is 6.26 Å². The Hall–Kier alpha value is -1.65. The molecule has 0 amide bonds. The first-order valence-electron chi connectivity index (χ1n) is 5.59. The molecule has 0 radical (unpaired) electrons. The van der Waals surface area contributed by atoms with Gasteiger partial charge in [0.1, 0.15) is 0 Å². The summed E-state index contributed by atoms with van der Waals surface area (Å²) in [5.41, 5.74) is 7.68. The Morgan fingerprint density at radius 2 is 1.50 bits per heavy atom. The van der Waals surface area contributed by atoms with E-state index in [-0.39, 0.29) is 0 Å². The van der Waals surface area contributed by atoms with Gasteiger partial charge in [0.2, 0.25) is 0 Å². The minimum atomic E-state index is -3.27. The number of nitrogens with two attached hydrogens (primary N) is 1. The van der Waals surface area contributed by atoms with Crippen LogP contribution in [-0.2, 0) is 9.84 Å². The van der Waals surface area contributed by atoms with Crippen LogP contribution in [0.2, 0.25) is 0 Å². The highest BCUT2D eigenvalue weighted by Crippen LogP contribution is 2.25. The highest BCUT2D eigenvalue weighted by Gasteiger charge is 2.18. The van der Waals surface area contributed by atoms with Crippen molar-refractivity contribution in [2.45, 2.75) is 10.9 Å². The first-order chi connectivity index (χ1) is 8.50. The van der Waals surface area contributed by atoms with Crippen LogP contribution in [0.25, 0.3) is 0 Å². The molecule has 0 unspecified atom stereocenters. The highest BCUT2D eigenvalue weighted by molar-refractivity contribution is 7.90. The van der Waals surface area contributed by atoms with Gasteiger partial charge in [-0.15, -0.1) is 0 Å². The molecule has 0 aliphatic rings. The van der Waals surface area contributed by atoms with Crippen LogP contribution in [-0.4, -0.2) is 14.7 Å². The third-order valence-corrected chi connectivity index (χ3v) is 3.98. The average Bonchev–Trinajstić information content (AvgIpc) is 2.38. The maximum Gasteiger partial charge on any atom is 0.175 e. The largest absolute Gasteiger partial charge is 0.320 e. The number of rotatable bonds is 3. The van der Waals surface area contributed by atoms with E-state index >= 15 is 0 Å². The lowest BCUT2D eigenvalue weighted by atomic mass is 10.00. The van der Waals surface area contributed by atoms with E-state index in [4.69, 9.17) is 5.73 Å². The van der Waals surface area contributed by atoms with Gasteiger partial charge in [-0.1, -0.05) is 48.5 Å². The van der Waals surface area contributed by atoms with E-state index in [1.807, 2.05) is 30.3 Å². The van der Waals surface area contributed by atoms with Crippen LogP contribution in [0.4, 0.5) is 0 Å². The molecule has 0 aliphatic carbocycles. The fourth-order valence-electron chi connectivity index (χ4n) is 1.92. The van der Waals surface area contributed by atoms with E-state index in [0.717, 1.165) is 5.56 Å². The summed E-state index contributed by atoms with van der Waals surface area (Å²) in [4.78, 5) is 0.293. The lowest BCUT2D eigenvalue weighted by Crippen LogP contribution is -2.15. The molecule has 0 aliphatic heterocycles. The van der Waals surface area contributed by atoms with E-state index in [1.54, 1.807) is 24.3 Å². The zero-order valence-corrected chi connectivity index (χ0v) is 10.9. The van der Waals surface area contributed by atoms with E-state index in [1.165, 1.54) is 6.26 Å². The van der Waals surface area contributed by atoms with Gasteiger partial charge >= 0.3 is 0 Å². The molecular formula is C14H15NO2S. The van der Waals surface area contributed by atoms with E-state index in [0.29, 0.717) is 10.5 Å². The second kappa shape index (κ2) is 4.92. The summed E-state index contributed by atoms with van der Waals surface area (Å²) in [5.74, 6) is 0. The monoisotopic (exact) mass is 261 g/mol. The number of benzene rings is 2. The molecule has 2 aromatic rings. The lowest BCUT2D eigenvalue weighted by molar-refractivity contribution is 0.600. The normalized spacial score (nSPS) is 13.2. The minimum Gasteiger partial charge on any atom is -0.320 e. The van der Waals surface area contributed by atoms with Crippen molar-refractivity contribution in [1.29, 1.82) is 0 Å². The average molecular weight is 261 g/mol. The Morgan fingerprint density at radius 1 is 0.944 bits per heavy atom. The van der Waals surface area contributed by atoms with Crippen LogP contribution in [0.1, 0.15) is 17.2 Å². The highest BCUT2D eigenvalue weighted by atomic mass is 32.2. The van der Waals surface area contributed by atoms with Crippen molar-refractivity contribution < 1.29 is 8.42 Å². The van der Waals surface area contributed by atoms with Gasteiger partial charge in [0, 0.05) is 6.26 Å². The third-order valence-electron chi connectivity index (χ3n) is 2.81. The number of sulfone groups is 1. The van der Waals surface area contributed by atoms with Crippen LogP contribution in [0.3, 0.4) is 0 Å². The molecule has 1 atom stereocenters. The first kappa shape index (κ1) is 12.8. The van der Waals surface area contributed by atoms with Crippen molar-refractivity contribution in [3.8, 4) is 0 Å². The molecule has 0 bridgehead atoms. The zero-order chi connectivity index (χ0) is 13.2. The van der Waals surface area contributed by atoms with Gasteiger partial charge in [-0.05, 0) is 17.2 Å². The van der Waals surface area contributed by atoms with Crippen molar-refractivity contribution in [3.63, 3.8) is 0 Å². The molecular weight excluding hydrogens is 246 g/mol. The van der Waals surface area contributed by atoms with E-state index in [9.17, 15) is 8.42 Å². The third kappa shape index (κ3) is 2.60. The lowest BCUT2D eigenvalue weighted by Gasteiger charge is -2.15. The minimum absolute atomic E-state index is 0.293. The summed E-state index contributed by atoms with van der Waals surface area (Å²) in [7, 11) is -3.27. The van der Waals surface area contributed by atoms with Gasteiger partial charge in [-0.2, -0.15) is 0 Å². The van der Waals surface area contributed by atoms with Gasteiger partial charge in [0.25, 0.3) is 0 Å². The van der Waals surface area contributed by atoms with Crippen LogP contribution in [0, 0.1) is 0 Å². The van der Waals surface area contributed by atoms with Crippen molar-refractivity contribution in [3.05, 3.63) is 65.7 Å². The molecule has 0 aromatic heterocycles. The first-order valence-corrected chi connectivity index (χ1v) is 7.49. The van der Waals surface area contributed by atoms with Gasteiger partial charge < -0.3 is 5.73 Å². The Morgan fingerprint density at radius 3 is 2.11 bits per heavy atom. The fraction of sp³-hybridized carbons (Fsp3) is 0.143. The van der Waals surface area contributed by atoms with Crippen molar-refractivity contribution in [1.82, 2.24) is 0 Å². The van der Waals surface area contributed by atoms with Crippen LogP contribution < -0.4 is 5.73 Å². The van der Waals surface area contributed by atoms with Crippen molar-refractivity contribution >= 4 is 9.84 Å². The molecule has 3 nitrogen and oxygen atoms in total. The fourth-order valence-corrected chi connectivity index (χ4v) is 2.86. The predicted octanol–water partition coefficient (Wildman–Crippen LogP) is 2.14. The molecule has 0 heterocycles. The SMILES string of the molecule is CS(=O)(=O)c1ccccc1[C@@H](N)c1ccccc1. The molecule has 4 heteroatoms.